The molecule has 0 aromatic heterocycles. The number of benzene rings is 2. The van der Waals surface area contributed by atoms with Crippen molar-refractivity contribution < 1.29 is 4.74 Å². The van der Waals surface area contributed by atoms with Crippen LogP contribution in [0.15, 0.2) is 65.7 Å². The lowest BCUT2D eigenvalue weighted by molar-refractivity contribution is 0.323. The summed E-state index contributed by atoms with van der Waals surface area (Å²) in [7, 11) is -0.353. The predicted octanol–water partition coefficient (Wildman–Crippen LogP) is 3.57. The molecule has 2 aromatic carbocycles. The van der Waals surface area contributed by atoms with Gasteiger partial charge < -0.3 is 4.74 Å². The van der Waals surface area contributed by atoms with Crippen LogP contribution >= 0.6 is 7.92 Å². The second kappa shape index (κ2) is 8.59. The minimum absolute atomic E-state index is 0.353. The molecular formula is C18H22NOP. The van der Waals surface area contributed by atoms with Crippen LogP contribution in [0.3, 0.4) is 0 Å². The van der Waals surface area contributed by atoms with Crippen LogP contribution in [-0.4, -0.2) is 25.2 Å². The van der Waals surface area contributed by atoms with Crippen molar-refractivity contribution in [3.63, 3.8) is 0 Å². The van der Waals surface area contributed by atoms with Crippen LogP contribution in [0.5, 0.6) is 0 Å². The molecule has 0 saturated heterocycles. The Morgan fingerprint density at radius 3 is 1.95 bits per heavy atom. The topological polar surface area (TPSA) is 21.6 Å². The average Bonchev–Trinajstić information content (AvgIpc) is 2.53. The Hall–Kier alpha value is -1.66. The summed E-state index contributed by atoms with van der Waals surface area (Å²) < 4.78 is 5.39. The summed E-state index contributed by atoms with van der Waals surface area (Å²) in [4.78, 5) is 4.52. The van der Waals surface area contributed by atoms with E-state index in [-0.39, 0.29) is 7.92 Å². The van der Waals surface area contributed by atoms with Gasteiger partial charge in [-0.25, -0.2) is 0 Å². The van der Waals surface area contributed by atoms with E-state index in [1.165, 1.54) is 10.6 Å². The molecule has 0 radical (unpaired) electrons. The van der Waals surface area contributed by atoms with Gasteiger partial charge in [0.15, 0.2) is 5.90 Å². The van der Waals surface area contributed by atoms with E-state index in [0.717, 1.165) is 18.6 Å². The largest absolute Gasteiger partial charge is 0.481 e. The fourth-order valence-corrected chi connectivity index (χ4v) is 4.36. The molecule has 0 aliphatic heterocycles. The van der Waals surface area contributed by atoms with Gasteiger partial charge in [0.2, 0.25) is 0 Å². The first kappa shape index (κ1) is 15.7. The molecule has 0 aliphatic carbocycles. The molecule has 2 aromatic rings. The molecule has 2 nitrogen and oxygen atoms in total. The van der Waals surface area contributed by atoms with Gasteiger partial charge in [0.25, 0.3) is 0 Å². The number of hydrogen-bond donors (Lipinski definition) is 0. The van der Waals surface area contributed by atoms with Crippen molar-refractivity contribution in [1.29, 1.82) is 0 Å². The van der Waals surface area contributed by atoms with E-state index in [1.54, 1.807) is 0 Å². The van der Waals surface area contributed by atoms with Gasteiger partial charge in [-0.15, -0.1) is 0 Å². The van der Waals surface area contributed by atoms with Crippen LogP contribution in [0, 0.1) is 0 Å². The third-order valence-corrected chi connectivity index (χ3v) is 5.64. The van der Waals surface area contributed by atoms with Crippen molar-refractivity contribution in [2.45, 2.75) is 13.8 Å². The zero-order valence-electron chi connectivity index (χ0n) is 12.7. The second-order valence-electron chi connectivity index (χ2n) is 4.66. The number of rotatable bonds is 6. The maximum absolute atomic E-state index is 5.39. The van der Waals surface area contributed by atoms with Crippen LogP contribution in [0.2, 0.25) is 0 Å². The van der Waals surface area contributed by atoms with Crippen molar-refractivity contribution in [1.82, 2.24) is 0 Å². The van der Waals surface area contributed by atoms with Crippen molar-refractivity contribution in [3.05, 3.63) is 60.7 Å². The molecule has 21 heavy (non-hydrogen) atoms. The highest BCUT2D eigenvalue weighted by Crippen LogP contribution is 2.32. The zero-order chi connectivity index (χ0) is 14.9. The third-order valence-electron chi connectivity index (χ3n) is 3.15. The van der Waals surface area contributed by atoms with Crippen molar-refractivity contribution in [2.75, 3.05) is 19.3 Å². The Balaban J connectivity index is 2.12. The summed E-state index contributed by atoms with van der Waals surface area (Å²) in [5.41, 5.74) is 0. The molecule has 0 aliphatic rings. The first-order chi connectivity index (χ1) is 10.3. The first-order valence-corrected chi connectivity index (χ1v) is 8.85. The summed E-state index contributed by atoms with van der Waals surface area (Å²) in [6.45, 7) is 5.40. The Bertz CT molecular complexity index is 514. The van der Waals surface area contributed by atoms with Crippen molar-refractivity contribution in [3.8, 4) is 0 Å². The Morgan fingerprint density at radius 1 is 0.952 bits per heavy atom. The van der Waals surface area contributed by atoms with Crippen molar-refractivity contribution >= 4 is 24.4 Å². The van der Waals surface area contributed by atoms with E-state index in [0.29, 0.717) is 6.61 Å². The number of hydrogen-bond acceptors (Lipinski definition) is 2. The fourth-order valence-electron chi connectivity index (χ4n) is 2.19. The molecule has 2 rings (SSSR count). The second-order valence-corrected chi connectivity index (χ2v) is 6.99. The summed E-state index contributed by atoms with van der Waals surface area (Å²) >= 11 is 0. The normalized spacial score (nSPS) is 11.7. The molecule has 0 fully saturated rings. The van der Waals surface area contributed by atoms with Crippen molar-refractivity contribution in [2.24, 2.45) is 4.99 Å². The summed E-state index contributed by atoms with van der Waals surface area (Å²) in [5.74, 6) is 0.786. The molecule has 0 spiro atoms. The summed E-state index contributed by atoms with van der Waals surface area (Å²) in [6.07, 6.45) is 1.05. The van der Waals surface area contributed by atoms with E-state index >= 15 is 0 Å². The first-order valence-electron chi connectivity index (χ1n) is 7.32. The van der Waals surface area contributed by atoms with E-state index < -0.39 is 0 Å². The summed E-state index contributed by atoms with van der Waals surface area (Å²) in [6, 6.07) is 21.5. The van der Waals surface area contributed by atoms with Gasteiger partial charge in [-0.1, -0.05) is 60.7 Å². The standard InChI is InChI=1S/C18H22NOP/c1-3-20-16(2)19-14-15-21(17-10-6-4-7-11-17)18-12-8-5-9-13-18/h4-13H,3,14-15H2,1-2H3. The van der Waals surface area contributed by atoms with Gasteiger partial charge in [0, 0.05) is 13.5 Å². The van der Waals surface area contributed by atoms with Gasteiger partial charge in [-0.05, 0) is 31.6 Å². The molecule has 0 saturated carbocycles. The highest BCUT2D eigenvalue weighted by molar-refractivity contribution is 7.73. The lowest BCUT2D eigenvalue weighted by Gasteiger charge is -2.17. The monoisotopic (exact) mass is 299 g/mol. The number of nitrogens with zero attached hydrogens (tertiary/aromatic N) is 1. The van der Waals surface area contributed by atoms with Gasteiger partial charge in [0.1, 0.15) is 0 Å². The Morgan fingerprint density at radius 2 is 1.48 bits per heavy atom. The lowest BCUT2D eigenvalue weighted by Crippen LogP contribution is -2.15. The van der Waals surface area contributed by atoms with Gasteiger partial charge in [0.05, 0.1) is 6.61 Å². The van der Waals surface area contributed by atoms with E-state index in [9.17, 15) is 0 Å². The Labute approximate surface area is 128 Å². The van der Waals surface area contributed by atoms with Gasteiger partial charge in [-0.3, -0.25) is 4.99 Å². The van der Waals surface area contributed by atoms with E-state index in [1.807, 2.05) is 13.8 Å². The SMILES string of the molecule is CCOC(C)=NCCP(c1ccccc1)c1ccccc1. The van der Waals surface area contributed by atoms with Crippen LogP contribution in [0.25, 0.3) is 0 Å². The number of aliphatic imine (C=N–C) groups is 1. The minimum Gasteiger partial charge on any atom is -0.481 e. The maximum atomic E-state index is 5.39. The zero-order valence-corrected chi connectivity index (χ0v) is 13.6. The molecule has 0 heterocycles. The summed E-state index contributed by atoms with van der Waals surface area (Å²) in [5, 5.41) is 2.81. The predicted molar refractivity (Wildman–Crippen MR) is 93.5 cm³/mol. The minimum atomic E-state index is -0.353. The maximum Gasteiger partial charge on any atom is 0.179 e. The molecular weight excluding hydrogens is 277 g/mol. The van der Waals surface area contributed by atoms with E-state index in [4.69, 9.17) is 4.74 Å². The van der Waals surface area contributed by atoms with Crippen LogP contribution in [-0.2, 0) is 4.74 Å². The van der Waals surface area contributed by atoms with Crippen LogP contribution < -0.4 is 10.6 Å². The molecule has 0 unspecified atom stereocenters. The smallest absolute Gasteiger partial charge is 0.179 e. The molecule has 0 amide bonds. The van der Waals surface area contributed by atoms with Gasteiger partial charge in [-0.2, -0.15) is 0 Å². The highest BCUT2D eigenvalue weighted by Gasteiger charge is 2.12. The Kier molecular flexibility index (Phi) is 6.43. The van der Waals surface area contributed by atoms with Crippen LogP contribution in [0.4, 0.5) is 0 Å². The molecule has 0 N–H and O–H groups in total. The molecule has 0 bridgehead atoms. The molecule has 3 heteroatoms. The number of ether oxygens (including phenoxy) is 1. The lowest BCUT2D eigenvalue weighted by atomic mass is 10.4. The molecule has 110 valence electrons. The molecule has 0 atom stereocenters. The van der Waals surface area contributed by atoms with Crippen LogP contribution in [0.1, 0.15) is 13.8 Å². The highest BCUT2D eigenvalue weighted by atomic mass is 31.1. The third kappa shape index (κ3) is 4.99. The quantitative estimate of drug-likeness (QED) is 0.454. The van der Waals surface area contributed by atoms with E-state index in [2.05, 4.69) is 65.7 Å². The van der Waals surface area contributed by atoms with Gasteiger partial charge >= 0.3 is 0 Å². The average molecular weight is 299 g/mol. The fraction of sp³-hybridized carbons (Fsp3) is 0.278.